The van der Waals surface area contributed by atoms with Crippen LogP contribution in [0.3, 0.4) is 0 Å². The number of esters is 5. The lowest BCUT2D eigenvalue weighted by molar-refractivity contribution is -0.349. The van der Waals surface area contributed by atoms with Gasteiger partial charge in [0.2, 0.25) is 0 Å². The predicted octanol–water partition coefficient (Wildman–Crippen LogP) is 2.28. The van der Waals surface area contributed by atoms with Crippen molar-refractivity contribution < 1.29 is 57.5 Å². The van der Waals surface area contributed by atoms with Gasteiger partial charge in [-0.15, -0.1) is 0 Å². The van der Waals surface area contributed by atoms with Crippen molar-refractivity contribution in [3.8, 4) is 0 Å². The number of rotatable bonds is 7. The van der Waals surface area contributed by atoms with Gasteiger partial charge in [-0.05, 0) is 45.7 Å². The van der Waals surface area contributed by atoms with Gasteiger partial charge < -0.3 is 33.5 Å². The van der Waals surface area contributed by atoms with E-state index >= 15 is 0 Å². The van der Waals surface area contributed by atoms with E-state index in [2.05, 4.69) is 0 Å². The maximum absolute atomic E-state index is 13.5. The zero-order valence-corrected chi connectivity index (χ0v) is 24.8. The summed E-state index contributed by atoms with van der Waals surface area (Å²) >= 11 is 0. The van der Waals surface area contributed by atoms with E-state index in [1.165, 1.54) is 20.8 Å². The third kappa shape index (κ3) is 4.94. The normalized spacial score (nSPS) is 36.1. The molecule has 8 atom stereocenters. The number of ether oxygens (including phenoxy) is 6. The smallest absolute Gasteiger partial charge is 0.338 e. The van der Waals surface area contributed by atoms with Crippen LogP contribution in [0.25, 0.3) is 0 Å². The van der Waals surface area contributed by atoms with Crippen LogP contribution in [0.15, 0.2) is 30.3 Å². The molecule has 4 rings (SSSR count). The Kier molecular flexibility index (Phi) is 8.20. The fourth-order valence-electron chi connectivity index (χ4n) is 7.43. The Morgan fingerprint density at radius 1 is 0.833 bits per heavy atom. The summed E-state index contributed by atoms with van der Waals surface area (Å²) in [6, 6.07) is 8.14. The molecule has 2 bridgehead atoms. The highest BCUT2D eigenvalue weighted by molar-refractivity contribution is 5.89. The highest BCUT2D eigenvalue weighted by Gasteiger charge is 2.87. The molecule has 230 valence electrons. The second kappa shape index (κ2) is 11.0. The molecule has 2 aliphatic carbocycles. The van der Waals surface area contributed by atoms with E-state index in [1.54, 1.807) is 44.2 Å². The maximum atomic E-state index is 13.5. The summed E-state index contributed by atoms with van der Waals surface area (Å²) < 4.78 is 36.1. The van der Waals surface area contributed by atoms with Crippen molar-refractivity contribution in [2.45, 2.75) is 103 Å². The van der Waals surface area contributed by atoms with Gasteiger partial charge in [0.25, 0.3) is 0 Å². The van der Waals surface area contributed by atoms with Gasteiger partial charge in [-0.25, -0.2) is 4.79 Å². The molecule has 1 saturated heterocycles. The van der Waals surface area contributed by atoms with Crippen molar-refractivity contribution in [2.24, 2.45) is 11.3 Å². The second-order valence-electron chi connectivity index (χ2n) is 12.0. The molecule has 2 saturated carbocycles. The van der Waals surface area contributed by atoms with Gasteiger partial charge in [0, 0.05) is 27.7 Å². The molecule has 3 aliphatic rings. The molecule has 0 unspecified atom stereocenters. The number of benzene rings is 1. The molecule has 1 N–H and O–H groups in total. The second-order valence-corrected chi connectivity index (χ2v) is 12.0. The molecule has 1 spiro atoms. The Bertz CT molecular complexity index is 1260. The molecule has 42 heavy (non-hydrogen) atoms. The van der Waals surface area contributed by atoms with Crippen LogP contribution in [0.5, 0.6) is 0 Å². The van der Waals surface area contributed by atoms with Crippen LogP contribution in [0.2, 0.25) is 0 Å². The summed E-state index contributed by atoms with van der Waals surface area (Å²) in [6.45, 7) is 8.87. The molecule has 1 aliphatic heterocycles. The van der Waals surface area contributed by atoms with Crippen LogP contribution in [0.1, 0.15) is 71.7 Å². The number of hydrogen-bond acceptors (Lipinski definition) is 12. The quantitative estimate of drug-likeness (QED) is 0.365. The minimum absolute atomic E-state index is 0.000388. The summed E-state index contributed by atoms with van der Waals surface area (Å²) in [5, 5.41) is 12.2. The average molecular weight is 591 g/mol. The topological polar surface area (TPSA) is 161 Å². The number of aliphatic hydroxyl groups is 1. The highest BCUT2D eigenvalue weighted by Crippen LogP contribution is 2.69. The van der Waals surface area contributed by atoms with E-state index in [0.29, 0.717) is 0 Å². The number of fused-ring (bicyclic) bond motifs is 1. The van der Waals surface area contributed by atoms with E-state index in [-0.39, 0.29) is 18.4 Å². The summed E-state index contributed by atoms with van der Waals surface area (Å²) in [6.07, 6.45) is -5.38. The van der Waals surface area contributed by atoms with Gasteiger partial charge in [0.1, 0.15) is 30.3 Å². The molecule has 12 nitrogen and oxygen atoms in total. The van der Waals surface area contributed by atoms with Crippen molar-refractivity contribution >= 4 is 29.8 Å². The first-order valence-electron chi connectivity index (χ1n) is 13.8. The number of carbonyl (C=O) groups is 5. The zero-order valence-electron chi connectivity index (χ0n) is 24.8. The van der Waals surface area contributed by atoms with Crippen molar-refractivity contribution in [1.29, 1.82) is 0 Å². The van der Waals surface area contributed by atoms with Gasteiger partial charge in [0.05, 0.1) is 22.7 Å². The van der Waals surface area contributed by atoms with Crippen LogP contribution in [0.4, 0.5) is 0 Å². The summed E-state index contributed by atoms with van der Waals surface area (Å²) in [7, 11) is 0. The SMILES string of the molecule is CC(=O)OC[C@]12[C@H](OC(=O)c3ccccc3)CC[C@@](C)(O)[C@@]13OC(C)(C)[C@@H]([C@H](OC(C)=O)[C@@H]2OC(C)=O)[C@H]3OC(C)=O. The molecular weight excluding hydrogens is 552 g/mol. The maximum Gasteiger partial charge on any atom is 0.338 e. The zero-order chi connectivity index (χ0) is 31.3. The third-order valence-corrected chi connectivity index (χ3v) is 8.73. The first-order valence-corrected chi connectivity index (χ1v) is 13.8. The monoisotopic (exact) mass is 590 g/mol. The largest absolute Gasteiger partial charge is 0.465 e. The van der Waals surface area contributed by atoms with Gasteiger partial charge in [-0.1, -0.05) is 18.2 Å². The van der Waals surface area contributed by atoms with E-state index in [9.17, 15) is 29.1 Å². The van der Waals surface area contributed by atoms with Crippen molar-refractivity contribution in [3.63, 3.8) is 0 Å². The molecule has 1 aromatic carbocycles. The first kappa shape index (κ1) is 31.4. The van der Waals surface area contributed by atoms with Crippen molar-refractivity contribution in [2.75, 3.05) is 6.61 Å². The van der Waals surface area contributed by atoms with Gasteiger partial charge in [-0.3, -0.25) is 19.2 Å². The van der Waals surface area contributed by atoms with Gasteiger partial charge >= 0.3 is 29.8 Å². The summed E-state index contributed by atoms with van der Waals surface area (Å²) in [5.41, 5.74) is -6.79. The highest BCUT2D eigenvalue weighted by atomic mass is 16.6. The van der Waals surface area contributed by atoms with Gasteiger partial charge in [-0.2, -0.15) is 0 Å². The molecule has 1 aromatic rings. The Labute approximate surface area is 243 Å². The molecule has 1 heterocycles. The molecule has 0 radical (unpaired) electrons. The minimum Gasteiger partial charge on any atom is -0.465 e. The minimum atomic E-state index is -1.98. The van der Waals surface area contributed by atoms with Crippen LogP contribution in [-0.4, -0.2) is 82.8 Å². The third-order valence-electron chi connectivity index (χ3n) is 8.73. The Hall–Kier alpha value is -3.51. The van der Waals surface area contributed by atoms with E-state index in [4.69, 9.17) is 28.4 Å². The van der Waals surface area contributed by atoms with Crippen LogP contribution in [-0.2, 0) is 47.6 Å². The van der Waals surface area contributed by atoms with Crippen LogP contribution in [0, 0.1) is 11.3 Å². The average Bonchev–Trinajstić information content (AvgIpc) is 3.07. The van der Waals surface area contributed by atoms with E-state index in [1.807, 2.05) is 0 Å². The lowest BCUT2D eigenvalue weighted by atomic mass is 9.46. The van der Waals surface area contributed by atoms with Crippen molar-refractivity contribution in [1.82, 2.24) is 0 Å². The molecular formula is C30H38O12. The lowest BCUT2D eigenvalue weighted by Crippen LogP contribution is -2.83. The van der Waals surface area contributed by atoms with E-state index in [0.717, 1.165) is 13.8 Å². The van der Waals surface area contributed by atoms with Crippen molar-refractivity contribution in [3.05, 3.63) is 35.9 Å². The molecule has 3 fully saturated rings. The fourth-order valence-corrected chi connectivity index (χ4v) is 7.43. The molecule has 12 heteroatoms. The standard InChI is InChI=1S/C30H38O12/c1-16(31)37-15-29-21(41-26(35)20-11-9-8-10-12-20)13-14-28(7,36)30(29)24(39-18(3)33)22(27(5,6)42-30)23(38-17(2)32)25(29)40-19(4)34/h8-12,21-25,36H,13-15H2,1-7H3/t21-,22+,23+,24-,25+,28-,29-,30-/m1/s1. The van der Waals surface area contributed by atoms with Crippen LogP contribution < -0.4 is 0 Å². The first-order chi connectivity index (χ1) is 19.5. The fraction of sp³-hybridized carbons (Fsp3) is 0.633. The lowest BCUT2D eigenvalue weighted by Gasteiger charge is -2.65. The summed E-state index contributed by atoms with van der Waals surface area (Å²) in [4.78, 5) is 63.7. The Morgan fingerprint density at radius 3 is 1.95 bits per heavy atom. The molecule has 0 amide bonds. The number of carbonyl (C=O) groups excluding carboxylic acids is 5. The van der Waals surface area contributed by atoms with Crippen LogP contribution >= 0.6 is 0 Å². The number of hydrogen-bond donors (Lipinski definition) is 1. The van der Waals surface area contributed by atoms with Gasteiger partial charge in [0.15, 0.2) is 11.7 Å². The Balaban J connectivity index is 2.07. The van der Waals surface area contributed by atoms with E-state index < -0.39 is 89.0 Å². The predicted molar refractivity (Wildman–Crippen MR) is 143 cm³/mol. The molecule has 0 aromatic heterocycles. The Morgan fingerprint density at radius 2 is 1.40 bits per heavy atom. The summed E-state index contributed by atoms with van der Waals surface area (Å²) in [5.74, 6) is -4.68.